The van der Waals surface area contributed by atoms with E-state index in [0.717, 1.165) is 12.0 Å². The van der Waals surface area contributed by atoms with Crippen LogP contribution in [0.3, 0.4) is 0 Å². The second kappa shape index (κ2) is 10.8. The normalized spacial score (nSPS) is 14.9. The van der Waals surface area contributed by atoms with Gasteiger partial charge in [0.15, 0.2) is 8.32 Å². The molecule has 0 spiro atoms. The van der Waals surface area contributed by atoms with Gasteiger partial charge in [0.2, 0.25) is 0 Å². The molecule has 0 saturated carbocycles. The summed E-state index contributed by atoms with van der Waals surface area (Å²) in [6.45, 7) is 14.6. The Balaban J connectivity index is 2.67. The van der Waals surface area contributed by atoms with Gasteiger partial charge in [-0.05, 0) is 42.1 Å². The maximum Gasteiger partial charge on any atom is 0.330 e. The van der Waals surface area contributed by atoms with Crippen molar-refractivity contribution < 1.29 is 18.7 Å². The summed E-state index contributed by atoms with van der Waals surface area (Å²) in [6.07, 6.45) is 3.94. The van der Waals surface area contributed by atoms with Gasteiger partial charge in [-0.15, -0.1) is 0 Å². The van der Waals surface area contributed by atoms with Gasteiger partial charge in [-0.2, -0.15) is 0 Å². The zero-order valence-electron chi connectivity index (χ0n) is 18.0. The summed E-state index contributed by atoms with van der Waals surface area (Å²) in [4.78, 5) is 11.5. The van der Waals surface area contributed by atoms with E-state index >= 15 is 0 Å². The van der Waals surface area contributed by atoms with E-state index in [9.17, 15) is 4.79 Å². The summed E-state index contributed by atoms with van der Waals surface area (Å²) in [7, 11) is -0.375. The largest absolute Gasteiger partial charge is 0.466 e. The van der Waals surface area contributed by atoms with Gasteiger partial charge in [-0.1, -0.05) is 58.0 Å². The van der Waals surface area contributed by atoms with Crippen LogP contribution >= 0.6 is 0 Å². The molecule has 152 valence electrons. The van der Waals surface area contributed by atoms with Gasteiger partial charge in [-0.25, -0.2) is 4.79 Å². The standard InChI is InChI=1S/C22H36O4Si/c1-18(15-16-26-27(6,7)22(2,3)4)20(13-14-21(23)24-5)25-17-19-11-9-8-10-12-19/h8-14,18,20H,15-17H2,1-7H3/b14-13+/t18-,20+/m0/s1. The molecule has 0 aliphatic heterocycles. The Bertz CT molecular complexity index is 590. The maximum absolute atomic E-state index is 11.5. The van der Waals surface area contributed by atoms with Crippen molar-refractivity contribution in [2.24, 2.45) is 5.92 Å². The number of hydrogen-bond donors (Lipinski definition) is 0. The molecular weight excluding hydrogens is 356 g/mol. The summed E-state index contributed by atoms with van der Waals surface area (Å²) >= 11 is 0. The summed E-state index contributed by atoms with van der Waals surface area (Å²) in [6, 6.07) is 10.0. The van der Waals surface area contributed by atoms with Crippen LogP contribution in [-0.4, -0.2) is 34.1 Å². The SMILES string of the molecule is COC(=O)/C=C/[C@@H](OCc1ccccc1)[C@@H](C)CCO[Si](C)(C)C(C)(C)C. The predicted molar refractivity (Wildman–Crippen MR) is 113 cm³/mol. The minimum absolute atomic E-state index is 0.174. The Morgan fingerprint density at radius 2 is 1.81 bits per heavy atom. The molecule has 0 unspecified atom stereocenters. The van der Waals surface area contributed by atoms with E-state index in [4.69, 9.17) is 13.9 Å². The third-order valence-corrected chi connectivity index (χ3v) is 9.85. The molecule has 0 radical (unpaired) electrons. The number of hydrogen-bond acceptors (Lipinski definition) is 4. The lowest BCUT2D eigenvalue weighted by molar-refractivity contribution is -0.134. The quantitative estimate of drug-likeness (QED) is 0.306. The van der Waals surface area contributed by atoms with Crippen LogP contribution in [0.2, 0.25) is 18.1 Å². The summed E-state index contributed by atoms with van der Waals surface area (Å²) < 4.78 is 17.1. The number of carbonyl (C=O) groups excluding carboxylic acids is 1. The van der Waals surface area contributed by atoms with Crippen LogP contribution in [0.1, 0.15) is 39.7 Å². The van der Waals surface area contributed by atoms with Crippen molar-refractivity contribution in [3.8, 4) is 0 Å². The first-order valence-electron chi connectivity index (χ1n) is 9.62. The van der Waals surface area contributed by atoms with Crippen molar-refractivity contribution in [2.75, 3.05) is 13.7 Å². The average Bonchev–Trinajstić information content (AvgIpc) is 2.61. The Hall–Kier alpha value is -1.43. The smallest absolute Gasteiger partial charge is 0.330 e. The zero-order chi connectivity index (χ0) is 20.5. The van der Waals surface area contributed by atoms with E-state index < -0.39 is 8.32 Å². The van der Waals surface area contributed by atoms with Crippen molar-refractivity contribution in [1.82, 2.24) is 0 Å². The molecule has 4 nitrogen and oxygen atoms in total. The molecule has 0 N–H and O–H groups in total. The van der Waals surface area contributed by atoms with Crippen LogP contribution in [0.15, 0.2) is 42.5 Å². The fourth-order valence-corrected chi connectivity index (χ4v) is 3.36. The van der Waals surface area contributed by atoms with Gasteiger partial charge in [-0.3, -0.25) is 0 Å². The first-order chi connectivity index (χ1) is 12.6. The Morgan fingerprint density at radius 1 is 1.19 bits per heavy atom. The number of esters is 1. The highest BCUT2D eigenvalue weighted by atomic mass is 28.4. The van der Waals surface area contributed by atoms with Crippen molar-refractivity contribution in [3.05, 3.63) is 48.0 Å². The maximum atomic E-state index is 11.5. The highest BCUT2D eigenvalue weighted by Gasteiger charge is 2.37. The second-order valence-electron chi connectivity index (χ2n) is 8.52. The monoisotopic (exact) mass is 392 g/mol. The van der Waals surface area contributed by atoms with Crippen LogP contribution in [0, 0.1) is 5.92 Å². The van der Waals surface area contributed by atoms with Crippen molar-refractivity contribution >= 4 is 14.3 Å². The topological polar surface area (TPSA) is 44.8 Å². The highest BCUT2D eigenvalue weighted by molar-refractivity contribution is 6.74. The summed E-state index contributed by atoms with van der Waals surface area (Å²) in [5, 5.41) is 0.199. The average molecular weight is 393 g/mol. The van der Waals surface area contributed by atoms with Gasteiger partial charge in [0, 0.05) is 12.7 Å². The number of ether oxygens (including phenoxy) is 2. The summed E-state index contributed by atoms with van der Waals surface area (Å²) in [5.74, 6) is -0.146. The fraction of sp³-hybridized carbons (Fsp3) is 0.591. The molecule has 0 fully saturated rings. The molecular formula is C22H36O4Si. The number of rotatable bonds is 10. The van der Waals surface area contributed by atoms with Gasteiger partial charge in [0.05, 0.1) is 19.8 Å². The Morgan fingerprint density at radius 3 is 2.37 bits per heavy atom. The molecule has 1 aromatic rings. The van der Waals surface area contributed by atoms with Crippen LogP contribution in [-0.2, 0) is 25.3 Å². The lowest BCUT2D eigenvalue weighted by Crippen LogP contribution is -2.41. The lowest BCUT2D eigenvalue weighted by atomic mass is 10.0. The van der Waals surface area contributed by atoms with Crippen LogP contribution in [0.25, 0.3) is 0 Å². The van der Waals surface area contributed by atoms with Crippen molar-refractivity contribution in [2.45, 2.75) is 65.0 Å². The van der Waals surface area contributed by atoms with E-state index in [1.165, 1.54) is 13.2 Å². The molecule has 0 aliphatic carbocycles. The molecule has 0 aliphatic rings. The first-order valence-corrected chi connectivity index (χ1v) is 12.5. The van der Waals surface area contributed by atoms with Crippen molar-refractivity contribution in [3.63, 3.8) is 0 Å². The van der Waals surface area contributed by atoms with E-state index in [1.807, 2.05) is 30.3 Å². The molecule has 0 saturated heterocycles. The molecule has 1 rings (SSSR count). The predicted octanol–water partition coefficient (Wildman–Crippen LogP) is 5.35. The van der Waals surface area contributed by atoms with Crippen LogP contribution in [0.5, 0.6) is 0 Å². The Kier molecular flexibility index (Phi) is 9.43. The van der Waals surface area contributed by atoms with E-state index in [0.29, 0.717) is 13.2 Å². The van der Waals surface area contributed by atoms with Gasteiger partial charge in [0.25, 0.3) is 0 Å². The molecule has 1 aromatic carbocycles. The highest BCUT2D eigenvalue weighted by Crippen LogP contribution is 2.36. The van der Waals surface area contributed by atoms with Gasteiger partial charge < -0.3 is 13.9 Å². The number of benzene rings is 1. The fourth-order valence-electron chi connectivity index (χ4n) is 2.30. The zero-order valence-corrected chi connectivity index (χ0v) is 19.0. The van der Waals surface area contributed by atoms with Gasteiger partial charge >= 0.3 is 5.97 Å². The van der Waals surface area contributed by atoms with E-state index in [1.54, 1.807) is 6.08 Å². The number of carbonyl (C=O) groups is 1. The Labute approximate surface area is 166 Å². The lowest BCUT2D eigenvalue weighted by Gasteiger charge is -2.36. The summed E-state index contributed by atoms with van der Waals surface area (Å²) in [5.41, 5.74) is 1.11. The van der Waals surface area contributed by atoms with E-state index in [-0.39, 0.29) is 23.0 Å². The third kappa shape index (κ3) is 8.41. The minimum Gasteiger partial charge on any atom is -0.466 e. The molecule has 0 bridgehead atoms. The molecule has 5 heteroatoms. The number of methoxy groups -OCH3 is 1. The molecule has 0 heterocycles. The minimum atomic E-state index is -1.75. The molecule has 0 aromatic heterocycles. The van der Waals surface area contributed by atoms with Crippen molar-refractivity contribution in [1.29, 1.82) is 0 Å². The molecule has 27 heavy (non-hydrogen) atoms. The van der Waals surface area contributed by atoms with E-state index in [2.05, 4.69) is 40.8 Å². The first kappa shape index (κ1) is 23.6. The third-order valence-electron chi connectivity index (χ3n) is 5.31. The molecule has 0 amide bonds. The molecule has 2 atom stereocenters. The van der Waals surface area contributed by atoms with Gasteiger partial charge in [0.1, 0.15) is 0 Å². The van der Waals surface area contributed by atoms with Crippen LogP contribution < -0.4 is 0 Å². The second-order valence-corrected chi connectivity index (χ2v) is 13.3. The van der Waals surface area contributed by atoms with Crippen LogP contribution in [0.4, 0.5) is 0 Å².